The SMILES string of the molecule is CCNC(=O)c1cc(NC2(C(=O)O)CCCCC2)ccn1. The quantitative estimate of drug-likeness (QED) is 0.772. The molecule has 0 atom stereocenters. The summed E-state index contributed by atoms with van der Waals surface area (Å²) in [5, 5.41) is 15.3. The molecular weight excluding hydrogens is 270 g/mol. The molecule has 6 nitrogen and oxygen atoms in total. The van der Waals surface area contributed by atoms with Gasteiger partial charge >= 0.3 is 5.97 Å². The predicted octanol–water partition coefficient (Wildman–Crippen LogP) is 2.03. The summed E-state index contributed by atoms with van der Waals surface area (Å²) in [6, 6.07) is 3.30. The molecular formula is C15H21N3O3. The van der Waals surface area contributed by atoms with E-state index in [2.05, 4.69) is 15.6 Å². The summed E-state index contributed by atoms with van der Waals surface area (Å²) in [6.07, 6.45) is 5.58. The number of amides is 1. The fourth-order valence-corrected chi connectivity index (χ4v) is 2.71. The van der Waals surface area contributed by atoms with Crippen LogP contribution in [0.5, 0.6) is 0 Å². The van der Waals surface area contributed by atoms with Crippen molar-refractivity contribution in [1.29, 1.82) is 0 Å². The van der Waals surface area contributed by atoms with Crippen LogP contribution in [0.1, 0.15) is 49.5 Å². The van der Waals surface area contributed by atoms with Crippen LogP contribution in [0.3, 0.4) is 0 Å². The highest BCUT2D eigenvalue weighted by Crippen LogP contribution is 2.32. The molecule has 0 spiro atoms. The average molecular weight is 291 g/mol. The molecule has 1 aliphatic carbocycles. The van der Waals surface area contributed by atoms with Crippen LogP contribution in [0.25, 0.3) is 0 Å². The lowest BCUT2D eigenvalue weighted by Gasteiger charge is -2.34. The maximum Gasteiger partial charge on any atom is 0.329 e. The minimum atomic E-state index is -0.932. The fourth-order valence-electron chi connectivity index (χ4n) is 2.71. The Hall–Kier alpha value is -2.11. The van der Waals surface area contributed by atoms with Gasteiger partial charge in [0.15, 0.2) is 0 Å². The van der Waals surface area contributed by atoms with E-state index in [1.165, 1.54) is 6.20 Å². The Balaban J connectivity index is 2.19. The van der Waals surface area contributed by atoms with Crippen molar-refractivity contribution in [3.8, 4) is 0 Å². The molecule has 3 N–H and O–H groups in total. The molecule has 0 aromatic carbocycles. The van der Waals surface area contributed by atoms with Gasteiger partial charge < -0.3 is 15.7 Å². The van der Waals surface area contributed by atoms with Crippen LogP contribution in [-0.2, 0) is 4.79 Å². The van der Waals surface area contributed by atoms with Gasteiger partial charge in [0.05, 0.1) is 0 Å². The van der Waals surface area contributed by atoms with E-state index in [0.29, 0.717) is 25.1 Å². The number of nitrogens with one attached hydrogen (secondary N) is 2. The van der Waals surface area contributed by atoms with Crippen molar-refractivity contribution in [1.82, 2.24) is 10.3 Å². The molecule has 21 heavy (non-hydrogen) atoms. The number of aliphatic carboxylic acids is 1. The van der Waals surface area contributed by atoms with Gasteiger partial charge in [0, 0.05) is 18.4 Å². The molecule has 1 fully saturated rings. The summed E-state index contributed by atoms with van der Waals surface area (Å²) in [5.41, 5.74) is -0.0216. The van der Waals surface area contributed by atoms with Crippen molar-refractivity contribution < 1.29 is 14.7 Å². The molecule has 114 valence electrons. The van der Waals surface area contributed by atoms with Gasteiger partial charge in [-0.25, -0.2) is 4.79 Å². The zero-order valence-electron chi connectivity index (χ0n) is 12.2. The number of hydrogen-bond donors (Lipinski definition) is 3. The molecule has 0 radical (unpaired) electrons. The van der Waals surface area contributed by atoms with E-state index in [1.54, 1.807) is 12.1 Å². The van der Waals surface area contributed by atoms with E-state index >= 15 is 0 Å². The molecule has 1 heterocycles. The highest BCUT2D eigenvalue weighted by molar-refractivity contribution is 5.93. The van der Waals surface area contributed by atoms with E-state index in [4.69, 9.17) is 0 Å². The Morgan fingerprint density at radius 3 is 2.67 bits per heavy atom. The molecule has 1 saturated carbocycles. The van der Waals surface area contributed by atoms with Crippen LogP contribution >= 0.6 is 0 Å². The summed E-state index contributed by atoms with van der Waals surface area (Å²) in [4.78, 5) is 27.4. The fraction of sp³-hybridized carbons (Fsp3) is 0.533. The Kier molecular flexibility index (Phi) is 4.77. The van der Waals surface area contributed by atoms with E-state index in [9.17, 15) is 14.7 Å². The number of nitrogens with zero attached hydrogens (tertiary/aromatic N) is 1. The average Bonchev–Trinajstić information content (AvgIpc) is 2.48. The lowest BCUT2D eigenvalue weighted by molar-refractivity contribution is -0.143. The zero-order valence-corrected chi connectivity index (χ0v) is 12.2. The lowest BCUT2D eigenvalue weighted by atomic mass is 9.81. The van der Waals surface area contributed by atoms with Crippen LogP contribution < -0.4 is 10.6 Å². The maximum atomic E-state index is 11.8. The minimum Gasteiger partial charge on any atom is -0.480 e. The Bertz CT molecular complexity index is 525. The second kappa shape index (κ2) is 6.56. The first-order valence-corrected chi connectivity index (χ1v) is 7.33. The number of hydrogen-bond acceptors (Lipinski definition) is 4. The minimum absolute atomic E-state index is 0.255. The second-order valence-electron chi connectivity index (χ2n) is 5.36. The van der Waals surface area contributed by atoms with Crippen molar-refractivity contribution >= 4 is 17.6 Å². The van der Waals surface area contributed by atoms with Gasteiger partial charge in [0.2, 0.25) is 0 Å². The van der Waals surface area contributed by atoms with Crippen molar-refractivity contribution in [2.75, 3.05) is 11.9 Å². The van der Waals surface area contributed by atoms with Crippen LogP contribution in [0.15, 0.2) is 18.3 Å². The molecule has 1 amide bonds. The number of carbonyl (C=O) groups excluding carboxylic acids is 1. The van der Waals surface area contributed by atoms with Gasteiger partial charge in [-0.05, 0) is 31.9 Å². The van der Waals surface area contributed by atoms with Gasteiger partial charge in [-0.15, -0.1) is 0 Å². The van der Waals surface area contributed by atoms with Gasteiger partial charge in [-0.3, -0.25) is 9.78 Å². The van der Waals surface area contributed by atoms with Gasteiger partial charge in [-0.1, -0.05) is 19.3 Å². The molecule has 1 aliphatic rings. The van der Waals surface area contributed by atoms with E-state index in [0.717, 1.165) is 19.3 Å². The van der Waals surface area contributed by atoms with Gasteiger partial charge in [0.1, 0.15) is 11.2 Å². The second-order valence-corrected chi connectivity index (χ2v) is 5.36. The summed E-state index contributed by atoms with van der Waals surface area (Å²) >= 11 is 0. The lowest BCUT2D eigenvalue weighted by Crippen LogP contribution is -2.47. The first-order valence-electron chi connectivity index (χ1n) is 7.33. The zero-order chi connectivity index (χ0) is 15.3. The van der Waals surface area contributed by atoms with Crippen LogP contribution in [-0.4, -0.2) is 34.1 Å². The third-order valence-electron chi connectivity index (χ3n) is 3.83. The van der Waals surface area contributed by atoms with Gasteiger partial charge in [0.25, 0.3) is 5.91 Å². The Morgan fingerprint density at radius 2 is 2.05 bits per heavy atom. The first-order chi connectivity index (χ1) is 10.1. The van der Waals surface area contributed by atoms with Gasteiger partial charge in [-0.2, -0.15) is 0 Å². The summed E-state index contributed by atoms with van der Waals surface area (Å²) < 4.78 is 0. The molecule has 6 heteroatoms. The maximum absolute atomic E-state index is 11.8. The smallest absolute Gasteiger partial charge is 0.329 e. The number of carboxylic acids is 1. The summed E-state index contributed by atoms with van der Waals surface area (Å²) in [6.45, 7) is 2.36. The first kappa shape index (κ1) is 15.3. The standard InChI is InChI=1S/C15H21N3O3/c1-2-16-13(19)12-10-11(6-9-17-12)18-15(14(20)21)7-4-3-5-8-15/h6,9-10H,2-5,7-8H2,1H3,(H,16,19)(H,17,18)(H,20,21). The normalized spacial score (nSPS) is 17.0. The number of aromatic nitrogens is 1. The monoisotopic (exact) mass is 291 g/mol. The third-order valence-corrected chi connectivity index (χ3v) is 3.83. The van der Waals surface area contributed by atoms with Crippen molar-refractivity contribution in [3.05, 3.63) is 24.0 Å². The topological polar surface area (TPSA) is 91.3 Å². The van der Waals surface area contributed by atoms with Crippen LogP contribution in [0.4, 0.5) is 5.69 Å². The highest BCUT2D eigenvalue weighted by Gasteiger charge is 2.39. The van der Waals surface area contributed by atoms with E-state index < -0.39 is 11.5 Å². The summed E-state index contributed by atoms with van der Waals surface area (Å²) in [7, 11) is 0. The molecule has 1 aromatic heterocycles. The van der Waals surface area contributed by atoms with E-state index in [1.807, 2.05) is 6.92 Å². The Labute approximate surface area is 124 Å². The molecule has 1 aromatic rings. The van der Waals surface area contributed by atoms with Crippen LogP contribution in [0, 0.1) is 0 Å². The molecule has 0 bridgehead atoms. The van der Waals surface area contributed by atoms with Crippen molar-refractivity contribution in [3.63, 3.8) is 0 Å². The Morgan fingerprint density at radius 1 is 1.33 bits per heavy atom. The number of carboxylic acid groups (broad SMARTS) is 1. The largest absolute Gasteiger partial charge is 0.480 e. The number of pyridine rings is 1. The molecule has 0 saturated heterocycles. The molecule has 0 aliphatic heterocycles. The van der Waals surface area contributed by atoms with Crippen molar-refractivity contribution in [2.45, 2.75) is 44.6 Å². The summed E-state index contributed by atoms with van der Waals surface area (Å²) in [5.74, 6) is -1.09. The number of carbonyl (C=O) groups is 2. The van der Waals surface area contributed by atoms with E-state index in [-0.39, 0.29) is 11.6 Å². The van der Waals surface area contributed by atoms with Crippen molar-refractivity contribution in [2.24, 2.45) is 0 Å². The predicted molar refractivity (Wildman–Crippen MR) is 79.3 cm³/mol. The highest BCUT2D eigenvalue weighted by atomic mass is 16.4. The van der Waals surface area contributed by atoms with Crippen LogP contribution in [0.2, 0.25) is 0 Å². The number of rotatable bonds is 5. The number of anilines is 1. The molecule has 0 unspecified atom stereocenters. The third kappa shape index (κ3) is 3.51. The molecule has 2 rings (SSSR count).